The second-order valence-corrected chi connectivity index (χ2v) is 5.58. The van der Waals surface area contributed by atoms with Crippen molar-refractivity contribution >= 4 is 5.78 Å². The van der Waals surface area contributed by atoms with Crippen LogP contribution in [0.2, 0.25) is 0 Å². The lowest BCUT2D eigenvalue weighted by atomic mass is 9.93. The van der Waals surface area contributed by atoms with E-state index in [2.05, 4.69) is 20.8 Å². The number of methoxy groups -OCH3 is 1. The van der Waals surface area contributed by atoms with Gasteiger partial charge in [0.05, 0.1) is 19.3 Å². The van der Waals surface area contributed by atoms with Gasteiger partial charge in [-0.25, -0.2) is 0 Å². The van der Waals surface area contributed by atoms with Crippen LogP contribution in [0, 0.1) is 5.41 Å². The molecule has 0 saturated heterocycles. The molecule has 0 saturated carbocycles. The number of carbonyl (C=O) groups excluding carboxylic acids is 1. The fourth-order valence-corrected chi connectivity index (χ4v) is 1.51. The van der Waals surface area contributed by atoms with Gasteiger partial charge in [0, 0.05) is 6.07 Å². The number of ether oxygens (including phenoxy) is 2. The molecule has 0 amide bonds. The number of ketones is 1. The maximum atomic E-state index is 11.5. The van der Waals surface area contributed by atoms with E-state index in [9.17, 15) is 4.79 Å². The van der Waals surface area contributed by atoms with E-state index in [1.54, 1.807) is 32.2 Å². The number of benzene rings is 1. The Bertz CT molecular complexity index is 416. The van der Waals surface area contributed by atoms with Crippen molar-refractivity contribution < 1.29 is 14.3 Å². The van der Waals surface area contributed by atoms with E-state index in [0.717, 1.165) is 6.42 Å². The first-order chi connectivity index (χ1) is 8.33. The molecule has 1 aromatic rings. The van der Waals surface area contributed by atoms with Gasteiger partial charge in [0.2, 0.25) is 0 Å². The zero-order valence-corrected chi connectivity index (χ0v) is 11.9. The van der Waals surface area contributed by atoms with Crippen LogP contribution < -0.4 is 9.47 Å². The predicted molar refractivity (Wildman–Crippen MR) is 72.6 cm³/mol. The summed E-state index contributed by atoms with van der Waals surface area (Å²) in [7, 11) is 1.60. The van der Waals surface area contributed by atoms with Crippen molar-refractivity contribution in [3.63, 3.8) is 0 Å². The van der Waals surface area contributed by atoms with E-state index in [1.165, 1.54) is 0 Å². The first-order valence-corrected chi connectivity index (χ1v) is 6.15. The first kappa shape index (κ1) is 14.6. The predicted octanol–water partition coefficient (Wildman–Crippen LogP) is 3.71. The fraction of sp³-hybridized carbons (Fsp3) is 0.533. The Labute approximate surface area is 109 Å². The van der Waals surface area contributed by atoms with E-state index >= 15 is 0 Å². The molecule has 0 fully saturated rings. The number of hydrogen-bond donors (Lipinski definition) is 0. The summed E-state index contributed by atoms with van der Waals surface area (Å²) in [6.45, 7) is 8.62. The summed E-state index contributed by atoms with van der Waals surface area (Å²) in [6, 6.07) is 5.28. The monoisotopic (exact) mass is 250 g/mol. The minimum absolute atomic E-state index is 0.00316. The first-order valence-electron chi connectivity index (χ1n) is 6.15. The quantitative estimate of drug-likeness (QED) is 0.747. The molecule has 0 aliphatic carbocycles. The Morgan fingerprint density at radius 2 is 1.94 bits per heavy atom. The minimum Gasteiger partial charge on any atom is -0.497 e. The summed E-state index contributed by atoms with van der Waals surface area (Å²) in [5, 5.41) is 0. The van der Waals surface area contributed by atoms with Gasteiger partial charge in [-0.2, -0.15) is 0 Å². The molecule has 0 aromatic heterocycles. The Morgan fingerprint density at radius 1 is 1.28 bits per heavy atom. The molecule has 1 rings (SSSR count). The van der Waals surface area contributed by atoms with Crippen molar-refractivity contribution in [2.45, 2.75) is 34.1 Å². The number of Topliss-reactive ketones (excluding diaryl/α,β-unsaturated/α-hetero) is 1. The summed E-state index contributed by atoms with van der Waals surface area (Å²) in [5.74, 6) is 1.31. The summed E-state index contributed by atoms with van der Waals surface area (Å²) in [5.41, 5.74) is 0.819. The van der Waals surface area contributed by atoms with Crippen molar-refractivity contribution in [1.29, 1.82) is 0 Å². The molecule has 0 radical (unpaired) electrons. The lowest BCUT2D eigenvalue weighted by Gasteiger charge is -2.19. The highest BCUT2D eigenvalue weighted by Crippen LogP contribution is 2.26. The van der Waals surface area contributed by atoms with Gasteiger partial charge in [-0.1, -0.05) is 20.8 Å². The average molecular weight is 250 g/mol. The van der Waals surface area contributed by atoms with Crippen molar-refractivity contribution in [2.75, 3.05) is 13.7 Å². The van der Waals surface area contributed by atoms with E-state index in [1.807, 2.05) is 0 Å². The van der Waals surface area contributed by atoms with Crippen LogP contribution in [0.5, 0.6) is 11.5 Å². The van der Waals surface area contributed by atoms with Crippen molar-refractivity contribution in [3.05, 3.63) is 23.8 Å². The molecular weight excluding hydrogens is 228 g/mol. The normalized spacial score (nSPS) is 11.2. The van der Waals surface area contributed by atoms with Crippen LogP contribution >= 0.6 is 0 Å². The van der Waals surface area contributed by atoms with Crippen LogP contribution in [0.3, 0.4) is 0 Å². The summed E-state index contributed by atoms with van der Waals surface area (Å²) in [6.07, 6.45) is 0.932. The second-order valence-electron chi connectivity index (χ2n) is 5.58. The average Bonchev–Trinajstić information content (AvgIpc) is 2.26. The van der Waals surface area contributed by atoms with Crippen molar-refractivity contribution in [3.8, 4) is 11.5 Å². The van der Waals surface area contributed by atoms with Gasteiger partial charge in [-0.3, -0.25) is 4.79 Å². The Balaban J connectivity index is 2.81. The Morgan fingerprint density at radius 3 is 2.44 bits per heavy atom. The van der Waals surface area contributed by atoms with Gasteiger partial charge >= 0.3 is 0 Å². The number of rotatable bonds is 5. The Kier molecular flexibility index (Phi) is 4.76. The maximum Gasteiger partial charge on any atom is 0.163 e. The van der Waals surface area contributed by atoms with Gasteiger partial charge in [0.25, 0.3) is 0 Å². The lowest BCUT2D eigenvalue weighted by Crippen LogP contribution is -2.12. The molecule has 0 heterocycles. The third-order valence-corrected chi connectivity index (χ3v) is 2.68. The molecule has 0 aliphatic heterocycles. The minimum atomic E-state index is 0.00316. The summed E-state index contributed by atoms with van der Waals surface area (Å²) >= 11 is 0. The molecule has 18 heavy (non-hydrogen) atoms. The molecule has 0 aliphatic rings. The van der Waals surface area contributed by atoms with Gasteiger partial charge < -0.3 is 9.47 Å². The van der Waals surface area contributed by atoms with E-state index in [0.29, 0.717) is 23.7 Å². The maximum absolute atomic E-state index is 11.5. The lowest BCUT2D eigenvalue weighted by molar-refractivity contribution is 0.101. The van der Waals surface area contributed by atoms with Gasteiger partial charge in [0.1, 0.15) is 11.5 Å². The third-order valence-electron chi connectivity index (χ3n) is 2.68. The van der Waals surface area contributed by atoms with Crippen LogP contribution in [0.15, 0.2) is 18.2 Å². The van der Waals surface area contributed by atoms with Gasteiger partial charge in [-0.15, -0.1) is 0 Å². The van der Waals surface area contributed by atoms with E-state index in [-0.39, 0.29) is 11.2 Å². The standard InChI is InChI=1S/C15H22O3/c1-11(16)13-7-6-12(17-5)10-14(13)18-9-8-15(2,3)4/h6-7,10H,8-9H2,1-5H3. The molecule has 0 N–H and O–H groups in total. The topological polar surface area (TPSA) is 35.5 Å². The molecule has 0 spiro atoms. The number of carbonyl (C=O) groups is 1. The molecule has 0 bridgehead atoms. The molecule has 3 heteroatoms. The van der Waals surface area contributed by atoms with E-state index < -0.39 is 0 Å². The molecule has 0 unspecified atom stereocenters. The number of hydrogen-bond acceptors (Lipinski definition) is 3. The molecule has 3 nitrogen and oxygen atoms in total. The van der Waals surface area contributed by atoms with Crippen LogP contribution in [0.25, 0.3) is 0 Å². The Hall–Kier alpha value is -1.51. The smallest absolute Gasteiger partial charge is 0.163 e. The van der Waals surface area contributed by atoms with Gasteiger partial charge in [-0.05, 0) is 30.9 Å². The van der Waals surface area contributed by atoms with Crippen LogP contribution in [-0.2, 0) is 0 Å². The van der Waals surface area contributed by atoms with Crippen molar-refractivity contribution in [1.82, 2.24) is 0 Å². The fourth-order valence-electron chi connectivity index (χ4n) is 1.51. The third kappa shape index (κ3) is 4.40. The molecule has 1 aromatic carbocycles. The highest BCUT2D eigenvalue weighted by molar-refractivity contribution is 5.97. The highest BCUT2D eigenvalue weighted by atomic mass is 16.5. The zero-order chi connectivity index (χ0) is 13.8. The van der Waals surface area contributed by atoms with Gasteiger partial charge in [0.15, 0.2) is 5.78 Å². The summed E-state index contributed by atoms with van der Waals surface area (Å²) in [4.78, 5) is 11.5. The van der Waals surface area contributed by atoms with Crippen LogP contribution in [0.4, 0.5) is 0 Å². The molecular formula is C15H22O3. The SMILES string of the molecule is COc1ccc(C(C)=O)c(OCCC(C)(C)C)c1. The summed E-state index contributed by atoms with van der Waals surface area (Å²) < 4.78 is 10.9. The van der Waals surface area contributed by atoms with Crippen LogP contribution in [-0.4, -0.2) is 19.5 Å². The van der Waals surface area contributed by atoms with E-state index in [4.69, 9.17) is 9.47 Å². The zero-order valence-electron chi connectivity index (χ0n) is 11.9. The molecule has 0 atom stereocenters. The van der Waals surface area contributed by atoms with Crippen LogP contribution in [0.1, 0.15) is 44.5 Å². The highest BCUT2D eigenvalue weighted by Gasteiger charge is 2.13. The second kappa shape index (κ2) is 5.89. The molecule has 100 valence electrons. The van der Waals surface area contributed by atoms with Crippen molar-refractivity contribution in [2.24, 2.45) is 5.41 Å². The largest absolute Gasteiger partial charge is 0.497 e.